The Kier molecular flexibility index (Phi) is 9.61. The van der Waals surface area contributed by atoms with Crippen molar-refractivity contribution in [1.29, 1.82) is 0 Å². The number of rotatable bonds is 13. The summed E-state index contributed by atoms with van der Waals surface area (Å²) in [5.41, 5.74) is 8.60. The topological polar surface area (TPSA) is 92.2 Å². The number of hydrazine groups is 1. The van der Waals surface area contributed by atoms with E-state index < -0.39 is 17.6 Å². The Morgan fingerprint density at radius 3 is 2.40 bits per heavy atom. The lowest BCUT2D eigenvalue weighted by atomic mass is 9.84. The van der Waals surface area contributed by atoms with Gasteiger partial charge >= 0.3 is 0 Å². The van der Waals surface area contributed by atoms with Crippen LogP contribution in [-0.2, 0) is 16.1 Å². The molecule has 5 rings (SSSR count). The number of halogens is 1. The number of hydrogen-bond donors (Lipinski definition) is 3. The number of aliphatic imine (C=N–C) groups is 1. The molecule has 0 spiro atoms. The summed E-state index contributed by atoms with van der Waals surface area (Å²) in [5, 5.41) is 9.01. The molecule has 4 aromatic rings. The van der Waals surface area contributed by atoms with E-state index in [0.29, 0.717) is 35.8 Å². The molecule has 1 aliphatic rings. The molecular formula is C35H34FN3O4. The predicted octanol–water partition coefficient (Wildman–Crippen LogP) is 5.91. The third-order valence-corrected chi connectivity index (χ3v) is 7.19. The normalized spacial score (nSPS) is 17.5. The van der Waals surface area contributed by atoms with Crippen molar-refractivity contribution < 1.29 is 23.8 Å². The Labute approximate surface area is 250 Å². The fourth-order valence-corrected chi connectivity index (χ4v) is 5.00. The standard InChI is InChI=1S/C35H34FN3O4/c1-2-20-35(34(41)39-37-24-25-8-6-11-30(36)23-25)32(28-14-12-27(13-15-28)26-9-4-3-5-10-26)43-33(38-35)29-16-18-31(19-17-29)42-22-7-21-40/h2-6,8-19,23,32,37,40H,1,7,20-22,24H2,(H,39,41)/t32-,35-/m0/s1. The van der Waals surface area contributed by atoms with Crippen molar-refractivity contribution in [2.45, 2.75) is 31.0 Å². The Balaban J connectivity index is 1.44. The number of carbonyl (C=O) groups is 1. The fourth-order valence-electron chi connectivity index (χ4n) is 5.00. The van der Waals surface area contributed by atoms with Crippen molar-refractivity contribution in [2.75, 3.05) is 13.2 Å². The average Bonchev–Trinajstić information content (AvgIpc) is 3.43. The summed E-state index contributed by atoms with van der Waals surface area (Å²) in [6.07, 6.45) is 1.65. The van der Waals surface area contributed by atoms with Crippen LogP contribution in [-0.4, -0.2) is 35.7 Å². The van der Waals surface area contributed by atoms with Crippen LogP contribution in [0.4, 0.5) is 4.39 Å². The second-order valence-electron chi connectivity index (χ2n) is 10.2. The van der Waals surface area contributed by atoms with Crippen LogP contribution in [0.15, 0.2) is 121 Å². The van der Waals surface area contributed by atoms with Gasteiger partial charge in [-0.1, -0.05) is 72.8 Å². The van der Waals surface area contributed by atoms with Crippen LogP contribution in [0.2, 0.25) is 0 Å². The molecule has 0 unspecified atom stereocenters. The molecule has 1 heterocycles. The molecule has 0 saturated carbocycles. The number of ether oxygens (including phenoxy) is 2. The Bertz CT molecular complexity index is 1560. The monoisotopic (exact) mass is 579 g/mol. The van der Waals surface area contributed by atoms with Crippen molar-refractivity contribution in [3.05, 3.63) is 138 Å². The van der Waals surface area contributed by atoms with E-state index in [1.165, 1.54) is 12.1 Å². The zero-order valence-electron chi connectivity index (χ0n) is 23.7. The number of carbonyl (C=O) groups excluding carboxylic acids is 1. The predicted molar refractivity (Wildman–Crippen MR) is 165 cm³/mol. The maximum atomic E-state index is 13.9. The van der Waals surface area contributed by atoms with E-state index in [9.17, 15) is 9.18 Å². The number of aliphatic hydroxyl groups is 1. The molecule has 4 aromatic carbocycles. The van der Waals surface area contributed by atoms with Gasteiger partial charge in [0.15, 0.2) is 11.6 Å². The molecule has 43 heavy (non-hydrogen) atoms. The van der Waals surface area contributed by atoms with Gasteiger partial charge < -0.3 is 14.6 Å². The zero-order valence-corrected chi connectivity index (χ0v) is 23.7. The quantitative estimate of drug-likeness (QED) is 0.104. The summed E-state index contributed by atoms with van der Waals surface area (Å²) >= 11 is 0. The van der Waals surface area contributed by atoms with Gasteiger partial charge in [-0.25, -0.2) is 14.8 Å². The largest absolute Gasteiger partial charge is 0.494 e. The second-order valence-corrected chi connectivity index (χ2v) is 10.2. The summed E-state index contributed by atoms with van der Waals surface area (Å²) in [5.74, 6) is 0.220. The van der Waals surface area contributed by atoms with Crippen molar-refractivity contribution in [2.24, 2.45) is 4.99 Å². The highest BCUT2D eigenvalue weighted by molar-refractivity contribution is 6.01. The van der Waals surface area contributed by atoms with Gasteiger partial charge in [-0.15, -0.1) is 6.58 Å². The van der Waals surface area contributed by atoms with Crippen molar-refractivity contribution in [1.82, 2.24) is 10.9 Å². The van der Waals surface area contributed by atoms with Gasteiger partial charge in [0, 0.05) is 31.6 Å². The first-order valence-electron chi connectivity index (χ1n) is 14.2. The number of benzene rings is 4. The fraction of sp³-hybridized carbons (Fsp3) is 0.200. The molecule has 0 fully saturated rings. The van der Waals surface area contributed by atoms with E-state index in [1.54, 1.807) is 30.3 Å². The summed E-state index contributed by atoms with van der Waals surface area (Å²) in [4.78, 5) is 18.8. The van der Waals surface area contributed by atoms with Gasteiger partial charge in [0.2, 0.25) is 5.90 Å². The summed E-state index contributed by atoms with van der Waals surface area (Å²) < 4.78 is 25.8. The van der Waals surface area contributed by atoms with Crippen molar-refractivity contribution >= 4 is 11.8 Å². The van der Waals surface area contributed by atoms with Crippen LogP contribution in [0.25, 0.3) is 11.1 Å². The Morgan fingerprint density at radius 2 is 1.70 bits per heavy atom. The molecule has 1 aliphatic heterocycles. The van der Waals surface area contributed by atoms with Crippen LogP contribution in [0, 0.1) is 5.82 Å². The SMILES string of the molecule is C=CC[C@]1(C(=O)NNCc2cccc(F)c2)N=C(c2ccc(OCCCO)cc2)O[C@H]1c1ccc(-c2ccccc2)cc1. The minimum Gasteiger partial charge on any atom is -0.494 e. The summed E-state index contributed by atoms with van der Waals surface area (Å²) in [6.45, 7) is 4.60. The zero-order chi connectivity index (χ0) is 30.1. The van der Waals surface area contributed by atoms with Crippen LogP contribution in [0.5, 0.6) is 5.75 Å². The molecule has 0 bridgehead atoms. The van der Waals surface area contributed by atoms with Crippen LogP contribution in [0.3, 0.4) is 0 Å². The highest BCUT2D eigenvalue weighted by Crippen LogP contribution is 2.43. The van der Waals surface area contributed by atoms with Gasteiger partial charge in [-0.3, -0.25) is 10.2 Å². The molecule has 1 amide bonds. The number of amides is 1. The highest BCUT2D eigenvalue weighted by atomic mass is 19.1. The molecular weight excluding hydrogens is 545 g/mol. The van der Waals surface area contributed by atoms with Crippen molar-refractivity contribution in [3.8, 4) is 16.9 Å². The Morgan fingerprint density at radius 1 is 0.977 bits per heavy atom. The summed E-state index contributed by atoms with van der Waals surface area (Å²) in [7, 11) is 0. The maximum Gasteiger partial charge on any atom is 0.266 e. The maximum absolute atomic E-state index is 13.9. The molecule has 0 radical (unpaired) electrons. The molecule has 0 saturated heterocycles. The third-order valence-electron chi connectivity index (χ3n) is 7.19. The average molecular weight is 580 g/mol. The molecule has 7 nitrogen and oxygen atoms in total. The van der Waals surface area contributed by atoms with Crippen molar-refractivity contribution in [3.63, 3.8) is 0 Å². The van der Waals surface area contributed by atoms with Gasteiger partial charge in [0.1, 0.15) is 11.6 Å². The first-order chi connectivity index (χ1) is 21.0. The molecule has 8 heteroatoms. The van der Waals surface area contributed by atoms with E-state index in [1.807, 2.05) is 66.7 Å². The number of nitrogens with one attached hydrogen (secondary N) is 2. The van der Waals surface area contributed by atoms with Crippen LogP contribution >= 0.6 is 0 Å². The van der Waals surface area contributed by atoms with Gasteiger partial charge in [-0.05, 0) is 58.7 Å². The van der Waals surface area contributed by atoms with E-state index in [4.69, 9.17) is 19.6 Å². The van der Waals surface area contributed by atoms with Gasteiger partial charge in [0.05, 0.1) is 6.61 Å². The van der Waals surface area contributed by atoms with E-state index in [-0.39, 0.29) is 25.4 Å². The second kappa shape index (κ2) is 13.9. The summed E-state index contributed by atoms with van der Waals surface area (Å²) in [6, 6.07) is 31.4. The lowest BCUT2D eigenvalue weighted by Gasteiger charge is -2.29. The lowest BCUT2D eigenvalue weighted by Crippen LogP contribution is -2.52. The molecule has 220 valence electrons. The minimum atomic E-state index is -1.36. The minimum absolute atomic E-state index is 0.0565. The van der Waals surface area contributed by atoms with Gasteiger partial charge in [-0.2, -0.15) is 0 Å². The third kappa shape index (κ3) is 6.99. The first kappa shape index (κ1) is 29.7. The van der Waals surface area contributed by atoms with E-state index in [0.717, 1.165) is 16.7 Å². The number of hydrogen-bond acceptors (Lipinski definition) is 6. The number of aliphatic hydroxyl groups excluding tert-OH is 1. The van der Waals surface area contributed by atoms with E-state index in [2.05, 4.69) is 17.4 Å². The smallest absolute Gasteiger partial charge is 0.266 e. The number of nitrogens with zero attached hydrogens (tertiary/aromatic N) is 1. The first-order valence-corrected chi connectivity index (χ1v) is 14.2. The van der Waals surface area contributed by atoms with Gasteiger partial charge in [0.25, 0.3) is 5.91 Å². The Hall–Kier alpha value is -4.79. The van der Waals surface area contributed by atoms with E-state index >= 15 is 0 Å². The van der Waals surface area contributed by atoms with Crippen LogP contribution < -0.4 is 15.6 Å². The molecule has 3 N–H and O–H groups in total. The highest BCUT2D eigenvalue weighted by Gasteiger charge is 2.52. The lowest BCUT2D eigenvalue weighted by molar-refractivity contribution is -0.129. The molecule has 2 atom stereocenters. The molecule has 0 aliphatic carbocycles. The van der Waals surface area contributed by atoms with Crippen LogP contribution in [0.1, 0.15) is 35.6 Å². The molecule has 0 aromatic heterocycles.